The summed E-state index contributed by atoms with van der Waals surface area (Å²) >= 11 is 0. The van der Waals surface area contributed by atoms with Gasteiger partial charge >= 0.3 is 0 Å². The van der Waals surface area contributed by atoms with Gasteiger partial charge in [-0.05, 0) is 66.1 Å². The van der Waals surface area contributed by atoms with E-state index in [1.54, 1.807) is 30.3 Å². The Morgan fingerprint density at radius 2 is 1.79 bits per heavy atom. The van der Waals surface area contributed by atoms with Gasteiger partial charge in [0.2, 0.25) is 0 Å². The Bertz CT molecular complexity index is 993. The van der Waals surface area contributed by atoms with Gasteiger partial charge in [0.15, 0.2) is 0 Å². The van der Waals surface area contributed by atoms with Crippen LogP contribution in [0.25, 0.3) is 0 Å². The van der Waals surface area contributed by atoms with Crippen molar-refractivity contribution in [3.05, 3.63) is 89.5 Å². The van der Waals surface area contributed by atoms with Crippen LogP contribution in [-0.2, 0) is 11.2 Å². The first-order chi connectivity index (χ1) is 13.6. The zero-order valence-electron chi connectivity index (χ0n) is 15.4. The predicted octanol–water partition coefficient (Wildman–Crippen LogP) is 3.82. The first-order valence-electron chi connectivity index (χ1n) is 8.93. The molecule has 0 fully saturated rings. The van der Waals surface area contributed by atoms with Gasteiger partial charge in [-0.3, -0.25) is 0 Å². The number of benzene rings is 3. The highest BCUT2D eigenvalue weighted by atomic mass is 16.5. The van der Waals surface area contributed by atoms with Crippen molar-refractivity contribution >= 4 is 11.7 Å². The summed E-state index contributed by atoms with van der Waals surface area (Å²) in [4.78, 5) is 11.8. The van der Waals surface area contributed by atoms with Gasteiger partial charge in [-0.15, -0.1) is 0 Å². The minimum Gasteiger partial charge on any atom is -0.548 e. The number of carbonyl (C=O) groups excluding carboxylic acids is 1. The maximum absolute atomic E-state index is 11.8. The standard InChI is InChI=1S/C23H20N2O3/c1-2-16-12-18(14-21(13-16)28-20-6-4-3-5-7-20)22(23(26)27)25-19-10-8-17(15-24)9-11-19/h3-14,22,25H,2H2,1H3,(H,26,27)/p-1. The van der Waals surface area contributed by atoms with E-state index in [-0.39, 0.29) is 0 Å². The number of para-hydroxylation sites is 1. The fourth-order valence-electron chi connectivity index (χ4n) is 2.83. The molecule has 0 aliphatic rings. The molecule has 28 heavy (non-hydrogen) atoms. The summed E-state index contributed by atoms with van der Waals surface area (Å²) in [5.74, 6) is -0.0107. The van der Waals surface area contributed by atoms with Crippen molar-refractivity contribution in [2.75, 3.05) is 5.32 Å². The fourth-order valence-corrected chi connectivity index (χ4v) is 2.83. The van der Waals surface area contributed by atoms with Crippen LogP contribution in [0, 0.1) is 11.3 Å². The van der Waals surface area contributed by atoms with Crippen LogP contribution in [0.4, 0.5) is 5.69 Å². The Morgan fingerprint density at radius 3 is 2.39 bits per heavy atom. The van der Waals surface area contributed by atoms with Crippen LogP contribution in [0.1, 0.15) is 29.7 Å². The molecule has 0 saturated heterocycles. The summed E-state index contributed by atoms with van der Waals surface area (Å²) < 4.78 is 5.89. The van der Waals surface area contributed by atoms with Gasteiger partial charge < -0.3 is 20.0 Å². The molecule has 0 spiro atoms. The molecule has 1 unspecified atom stereocenters. The van der Waals surface area contributed by atoms with E-state index < -0.39 is 12.0 Å². The highest BCUT2D eigenvalue weighted by Crippen LogP contribution is 2.28. The van der Waals surface area contributed by atoms with Gasteiger partial charge in [0.05, 0.1) is 23.6 Å². The molecule has 1 N–H and O–H groups in total. The maximum Gasteiger partial charge on any atom is 0.128 e. The molecule has 0 radical (unpaired) electrons. The van der Waals surface area contributed by atoms with E-state index in [4.69, 9.17) is 10.00 Å². The highest BCUT2D eigenvalue weighted by Gasteiger charge is 2.15. The van der Waals surface area contributed by atoms with Gasteiger partial charge in [0.1, 0.15) is 11.5 Å². The second-order valence-corrected chi connectivity index (χ2v) is 6.26. The maximum atomic E-state index is 11.8. The molecule has 1 atom stereocenters. The Balaban J connectivity index is 1.91. The number of carbonyl (C=O) groups is 1. The molecule has 5 nitrogen and oxygen atoms in total. The number of carboxylic acid groups (broad SMARTS) is 1. The topological polar surface area (TPSA) is 85.2 Å². The Labute approximate surface area is 163 Å². The molecule has 3 aromatic rings. The first-order valence-corrected chi connectivity index (χ1v) is 8.93. The highest BCUT2D eigenvalue weighted by molar-refractivity contribution is 5.78. The lowest BCUT2D eigenvalue weighted by atomic mass is 10.0. The zero-order chi connectivity index (χ0) is 19.9. The summed E-state index contributed by atoms with van der Waals surface area (Å²) in [6.07, 6.45) is 0.732. The van der Waals surface area contributed by atoms with E-state index in [1.807, 2.05) is 55.5 Å². The summed E-state index contributed by atoms with van der Waals surface area (Å²) in [5, 5.41) is 23.7. The summed E-state index contributed by atoms with van der Waals surface area (Å²) in [5.41, 5.74) is 2.58. The average Bonchev–Trinajstić information content (AvgIpc) is 2.72. The first kappa shape index (κ1) is 19.0. The van der Waals surface area contributed by atoms with E-state index in [1.165, 1.54) is 0 Å². The van der Waals surface area contributed by atoms with E-state index in [0.717, 1.165) is 12.0 Å². The number of nitriles is 1. The quantitative estimate of drug-likeness (QED) is 0.682. The molecule has 0 aliphatic heterocycles. The number of hydrogen-bond acceptors (Lipinski definition) is 5. The van der Waals surface area contributed by atoms with Crippen LogP contribution in [0.3, 0.4) is 0 Å². The molecule has 0 amide bonds. The third-order valence-corrected chi connectivity index (χ3v) is 4.27. The SMILES string of the molecule is CCc1cc(Oc2ccccc2)cc(C(Nc2ccc(C#N)cc2)C(=O)[O-])c1. The number of hydrogen-bond donors (Lipinski definition) is 1. The molecule has 140 valence electrons. The number of nitrogens with one attached hydrogen (secondary N) is 1. The molecule has 0 heterocycles. The molecule has 0 aromatic heterocycles. The monoisotopic (exact) mass is 371 g/mol. The van der Waals surface area contributed by atoms with Gasteiger partial charge in [0, 0.05) is 5.69 Å². The van der Waals surface area contributed by atoms with Crippen molar-refractivity contribution in [3.8, 4) is 17.6 Å². The molecule has 3 rings (SSSR count). The molecule has 3 aromatic carbocycles. The Kier molecular flexibility index (Phi) is 5.93. The van der Waals surface area contributed by atoms with Crippen molar-refractivity contribution in [1.29, 1.82) is 5.26 Å². The van der Waals surface area contributed by atoms with Gasteiger partial charge in [-0.25, -0.2) is 0 Å². The number of carboxylic acids is 1. The predicted molar refractivity (Wildman–Crippen MR) is 105 cm³/mol. The third kappa shape index (κ3) is 4.68. The molecule has 5 heteroatoms. The normalized spacial score (nSPS) is 11.3. The molecular formula is C23H19N2O3-. The molecular weight excluding hydrogens is 352 g/mol. The summed E-state index contributed by atoms with van der Waals surface area (Å²) in [6.45, 7) is 1.99. The smallest absolute Gasteiger partial charge is 0.128 e. The minimum atomic E-state index is -1.25. The van der Waals surface area contributed by atoms with Crippen molar-refractivity contribution in [2.24, 2.45) is 0 Å². The van der Waals surface area contributed by atoms with E-state index in [9.17, 15) is 9.90 Å². The lowest BCUT2D eigenvalue weighted by Crippen LogP contribution is -2.34. The Morgan fingerprint density at radius 1 is 1.07 bits per heavy atom. The van der Waals surface area contributed by atoms with Crippen LogP contribution in [0.2, 0.25) is 0 Å². The van der Waals surface area contributed by atoms with Crippen LogP contribution in [-0.4, -0.2) is 5.97 Å². The molecule has 0 bridgehead atoms. The number of anilines is 1. The van der Waals surface area contributed by atoms with E-state index >= 15 is 0 Å². The van der Waals surface area contributed by atoms with Crippen LogP contribution < -0.4 is 15.2 Å². The summed E-state index contributed by atoms with van der Waals surface area (Å²) in [6, 6.07) is 22.3. The second-order valence-electron chi connectivity index (χ2n) is 6.26. The zero-order valence-corrected chi connectivity index (χ0v) is 15.4. The average molecular weight is 371 g/mol. The lowest BCUT2D eigenvalue weighted by Gasteiger charge is -2.23. The van der Waals surface area contributed by atoms with Crippen LogP contribution in [0.15, 0.2) is 72.8 Å². The molecule has 0 saturated carbocycles. The summed E-state index contributed by atoms with van der Waals surface area (Å²) in [7, 11) is 0. The third-order valence-electron chi connectivity index (χ3n) is 4.27. The van der Waals surface area contributed by atoms with Crippen LogP contribution in [0.5, 0.6) is 11.5 Å². The molecule has 0 aliphatic carbocycles. The number of ether oxygens (including phenoxy) is 1. The minimum absolute atomic E-state index is 0.502. The van der Waals surface area contributed by atoms with E-state index in [2.05, 4.69) is 5.32 Å². The van der Waals surface area contributed by atoms with Gasteiger partial charge in [-0.1, -0.05) is 31.2 Å². The fraction of sp³-hybridized carbons (Fsp3) is 0.130. The van der Waals surface area contributed by atoms with Crippen LogP contribution >= 0.6 is 0 Å². The number of rotatable bonds is 7. The van der Waals surface area contributed by atoms with Gasteiger partial charge in [-0.2, -0.15) is 5.26 Å². The van der Waals surface area contributed by atoms with E-state index in [0.29, 0.717) is 28.3 Å². The number of nitrogens with zero attached hydrogens (tertiary/aromatic N) is 1. The van der Waals surface area contributed by atoms with Crippen molar-refractivity contribution in [2.45, 2.75) is 19.4 Å². The second kappa shape index (κ2) is 8.74. The Hall–Kier alpha value is -3.78. The number of aryl methyl sites for hydroxylation is 1. The van der Waals surface area contributed by atoms with Crippen molar-refractivity contribution < 1.29 is 14.6 Å². The van der Waals surface area contributed by atoms with Crippen molar-refractivity contribution in [1.82, 2.24) is 0 Å². The van der Waals surface area contributed by atoms with Crippen molar-refractivity contribution in [3.63, 3.8) is 0 Å². The number of aliphatic carboxylic acids is 1. The largest absolute Gasteiger partial charge is 0.548 e. The lowest BCUT2D eigenvalue weighted by molar-refractivity contribution is -0.307. The van der Waals surface area contributed by atoms with Gasteiger partial charge in [0.25, 0.3) is 0 Å².